The van der Waals surface area contributed by atoms with Crippen LogP contribution in [0.25, 0.3) is 56.2 Å². The summed E-state index contributed by atoms with van der Waals surface area (Å²) in [4.78, 5) is 9.70. The van der Waals surface area contributed by atoms with Gasteiger partial charge in [-0.15, -0.1) is 0 Å². The maximum Gasteiger partial charge on any atom is 0.0719 e. The van der Waals surface area contributed by atoms with Crippen LogP contribution in [0.5, 0.6) is 0 Å². The Morgan fingerprint density at radius 2 is 1.12 bits per heavy atom. The fraction of sp³-hybridized carbons (Fsp3) is 0.174. The molecule has 0 aliphatic heterocycles. The molecule has 0 spiro atoms. The zero-order valence-corrected chi connectivity index (χ0v) is 28.7. The molecule has 0 amide bonds. The second-order valence-corrected chi connectivity index (χ2v) is 12.9. The van der Waals surface area contributed by atoms with Crippen molar-refractivity contribution >= 4 is 34.0 Å². The lowest BCUT2D eigenvalue weighted by Gasteiger charge is -2.14. The molecule has 1 atom stereocenters. The summed E-state index contributed by atoms with van der Waals surface area (Å²) in [6, 6.07) is 47.2. The Hall–Kier alpha value is -5.34. The van der Waals surface area contributed by atoms with Crippen LogP contribution in [0.15, 0.2) is 140 Å². The molecule has 0 radical (unpaired) electrons. The van der Waals surface area contributed by atoms with Crippen molar-refractivity contribution in [2.75, 3.05) is 0 Å². The van der Waals surface area contributed by atoms with E-state index in [1.165, 1.54) is 50.9 Å². The van der Waals surface area contributed by atoms with Crippen LogP contribution < -0.4 is 0 Å². The topological polar surface area (TPSA) is 25.8 Å². The number of hydrogen-bond acceptors (Lipinski definition) is 2. The zero-order chi connectivity index (χ0) is 33.5. The molecule has 0 aliphatic carbocycles. The van der Waals surface area contributed by atoms with Gasteiger partial charge in [0.1, 0.15) is 0 Å². The molecule has 0 N–H and O–H groups in total. The molecular formula is C46H44N2. The van der Waals surface area contributed by atoms with Crippen LogP contribution in [-0.2, 0) is 0 Å². The van der Waals surface area contributed by atoms with Crippen molar-refractivity contribution in [2.24, 2.45) is 0 Å². The van der Waals surface area contributed by atoms with Gasteiger partial charge in [0.15, 0.2) is 0 Å². The van der Waals surface area contributed by atoms with Crippen LogP contribution in [0.4, 0.5) is 0 Å². The molecule has 2 aromatic heterocycles. The summed E-state index contributed by atoms with van der Waals surface area (Å²) >= 11 is 0. The molecule has 0 fully saturated rings. The highest BCUT2D eigenvalue weighted by Gasteiger charge is 2.13. The molecule has 0 saturated heterocycles. The maximum atomic E-state index is 5.02. The highest BCUT2D eigenvalue weighted by molar-refractivity contribution is 6.06. The van der Waals surface area contributed by atoms with Crippen LogP contribution in [0, 0.1) is 6.92 Å². The van der Waals surface area contributed by atoms with E-state index in [4.69, 9.17) is 4.98 Å². The first-order valence-corrected chi connectivity index (χ1v) is 17.1. The minimum Gasteiger partial charge on any atom is -0.256 e. The van der Waals surface area contributed by atoms with Crippen LogP contribution in [0.1, 0.15) is 73.9 Å². The largest absolute Gasteiger partial charge is 0.256 e. The normalized spacial score (nSPS) is 12.0. The average molecular weight is 625 g/mol. The molecule has 2 heteroatoms. The lowest BCUT2D eigenvalue weighted by molar-refractivity contribution is 0.733. The van der Waals surface area contributed by atoms with Crippen molar-refractivity contribution in [2.45, 2.75) is 52.9 Å². The van der Waals surface area contributed by atoms with Crippen molar-refractivity contribution in [3.8, 4) is 22.3 Å². The van der Waals surface area contributed by atoms with Gasteiger partial charge in [-0.25, -0.2) is 0 Å². The molecule has 5 aromatic carbocycles. The quantitative estimate of drug-likeness (QED) is 0.130. The smallest absolute Gasteiger partial charge is 0.0719 e. The fourth-order valence-corrected chi connectivity index (χ4v) is 5.95. The van der Waals surface area contributed by atoms with Crippen LogP contribution in [0.3, 0.4) is 0 Å². The Morgan fingerprint density at radius 3 is 1.71 bits per heavy atom. The molecule has 0 aliphatic rings. The zero-order valence-electron chi connectivity index (χ0n) is 28.7. The van der Waals surface area contributed by atoms with Gasteiger partial charge in [0, 0.05) is 22.7 Å². The first-order chi connectivity index (χ1) is 23.4. The minimum absolute atomic E-state index is 0.361. The van der Waals surface area contributed by atoms with Crippen LogP contribution >= 0.6 is 0 Å². The third-order valence-corrected chi connectivity index (χ3v) is 9.12. The van der Waals surface area contributed by atoms with E-state index in [1.54, 1.807) is 0 Å². The first kappa shape index (κ1) is 32.6. The van der Waals surface area contributed by atoms with E-state index in [0.29, 0.717) is 11.8 Å². The monoisotopic (exact) mass is 624 g/mol. The number of pyridine rings is 2. The number of aryl methyl sites for hydroxylation is 1. The third-order valence-electron chi connectivity index (χ3n) is 9.12. The van der Waals surface area contributed by atoms with Gasteiger partial charge in [0.05, 0.1) is 11.0 Å². The second kappa shape index (κ2) is 15.0. The van der Waals surface area contributed by atoms with E-state index >= 15 is 0 Å². The van der Waals surface area contributed by atoms with Gasteiger partial charge in [-0.05, 0) is 88.4 Å². The molecule has 238 valence electrons. The third kappa shape index (κ3) is 7.61. The summed E-state index contributed by atoms with van der Waals surface area (Å²) in [5.74, 6) is 1.01. The summed E-state index contributed by atoms with van der Waals surface area (Å²) in [5, 5.41) is 2.28. The number of hydrogen-bond donors (Lipinski definition) is 0. The Labute approximate surface area is 285 Å². The molecule has 0 bridgehead atoms. The standard InChI is InChI=1S/C27H22N2.C19H22/c1-18(2)25-15-22(20-11-7-4-8-12-20)24-16-26-23(17-27(24)29-25)21(13-14-28-26)19-9-5-3-6-10-19;1-4-16(3)19-13-11-18(12-14-19)10-9-17-7-5-15(2)6-8-17/h3-18H,1-2H3;5-14,16H,4H2,1-3H3/b;10-9+. The number of aromatic nitrogens is 2. The van der Waals surface area contributed by atoms with E-state index < -0.39 is 0 Å². The minimum atomic E-state index is 0.361. The highest BCUT2D eigenvalue weighted by atomic mass is 14.7. The summed E-state index contributed by atoms with van der Waals surface area (Å²) in [7, 11) is 0. The summed E-state index contributed by atoms with van der Waals surface area (Å²) in [5.41, 5.74) is 13.2. The summed E-state index contributed by atoms with van der Waals surface area (Å²) < 4.78 is 0. The number of benzene rings is 5. The van der Waals surface area contributed by atoms with Crippen molar-refractivity contribution in [1.29, 1.82) is 0 Å². The van der Waals surface area contributed by atoms with Gasteiger partial charge in [-0.1, -0.05) is 155 Å². The molecule has 48 heavy (non-hydrogen) atoms. The molecule has 1 unspecified atom stereocenters. The molecule has 7 rings (SSSR count). The van der Waals surface area contributed by atoms with Crippen molar-refractivity contribution in [3.05, 3.63) is 168 Å². The van der Waals surface area contributed by atoms with Crippen molar-refractivity contribution in [1.82, 2.24) is 9.97 Å². The second-order valence-electron chi connectivity index (χ2n) is 12.9. The maximum absolute atomic E-state index is 5.02. The van der Waals surface area contributed by atoms with Gasteiger partial charge in [0.25, 0.3) is 0 Å². The number of nitrogens with zero attached hydrogens (tertiary/aromatic N) is 2. The van der Waals surface area contributed by atoms with Gasteiger partial charge in [-0.3, -0.25) is 9.97 Å². The van der Waals surface area contributed by atoms with E-state index in [2.05, 4.69) is 179 Å². The van der Waals surface area contributed by atoms with Gasteiger partial charge in [0.2, 0.25) is 0 Å². The van der Waals surface area contributed by atoms with E-state index in [0.717, 1.165) is 27.5 Å². The molecular weight excluding hydrogens is 581 g/mol. The van der Waals surface area contributed by atoms with Crippen LogP contribution in [-0.4, -0.2) is 9.97 Å². The van der Waals surface area contributed by atoms with E-state index in [9.17, 15) is 0 Å². The molecule has 2 nitrogen and oxygen atoms in total. The molecule has 2 heterocycles. The summed E-state index contributed by atoms with van der Waals surface area (Å²) in [6.45, 7) is 11.0. The predicted octanol–water partition coefficient (Wildman–Crippen LogP) is 12.9. The predicted molar refractivity (Wildman–Crippen MR) is 207 cm³/mol. The van der Waals surface area contributed by atoms with Gasteiger partial charge in [-0.2, -0.15) is 0 Å². The number of rotatable bonds is 7. The van der Waals surface area contributed by atoms with Gasteiger partial charge < -0.3 is 0 Å². The number of fused-ring (bicyclic) bond motifs is 2. The summed E-state index contributed by atoms with van der Waals surface area (Å²) in [6.07, 6.45) is 7.43. The van der Waals surface area contributed by atoms with E-state index in [1.807, 2.05) is 12.3 Å². The van der Waals surface area contributed by atoms with Crippen molar-refractivity contribution in [3.63, 3.8) is 0 Å². The Balaban J connectivity index is 0.000000184. The Bertz CT molecular complexity index is 2130. The first-order valence-electron chi connectivity index (χ1n) is 17.1. The van der Waals surface area contributed by atoms with Crippen LogP contribution in [0.2, 0.25) is 0 Å². The highest BCUT2D eigenvalue weighted by Crippen LogP contribution is 2.35. The lowest BCUT2D eigenvalue weighted by Crippen LogP contribution is -1.96. The Kier molecular flexibility index (Phi) is 10.2. The average Bonchev–Trinajstić information content (AvgIpc) is 3.14. The molecule has 7 aromatic rings. The van der Waals surface area contributed by atoms with Crippen molar-refractivity contribution < 1.29 is 0 Å². The Morgan fingerprint density at radius 1 is 0.583 bits per heavy atom. The van der Waals surface area contributed by atoms with Gasteiger partial charge >= 0.3 is 0 Å². The lowest BCUT2D eigenvalue weighted by atomic mass is 9.95. The van der Waals surface area contributed by atoms with E-state index in [-0.39, 0.29) is 0 Å². The fourth-order valence-electron chi connectivity index (χ4n) is 5.95. The molecule has 0 saturated carbocycles. The SMILES string of the molecule is CC(C)c1cc(-c2ccccc2)c2cc3nccc(-c4ccccc4)c3cc2n1.CCC(C)c1ccc(/C=C/c2ccc(C)cc2)cc1.